The number of carbonyl (C=O) groups is 1. The smallest absolute Gasteiger partial charge is 0.131 e. The van der Waals surface area contributed by atoms with Crippen LogP contribution in [0.2, 0.25) is 0 Å². The van der Waals surface area contributed by atoms with E-state index in [1.54, 1.807) is 0 Å². The van der Waals surface area contributed by atoms with Crippen molar-refractivity contribution in [3.05, 3.63) is 0 Å². The van der Waals surface area contributed by atoms with E-state index in [9.17, 15) is 4.79 Å². The van der Waals surface area contributed by atoms with Gasteiger partial charge in [0, 0.05) is 26.2 Å². The lowest BCUT2D eigenvalue weighted by Crippen LogP contribution is -2.44. The van der Waals surface area contributed by atoms with Crippen molar-refractivity contribution in [2.75, 3.05) is 39.8 Å². The molecular formula is C10H16N2O. The van der Waals surface area contributed by atoms with Gasteiger partial charge in [0.05, 0.1) is 13.0 Å². The topological polar surface area (TPSA) is 23.6 Å². The predicted octanol–water partition coefficient (Wildman–Crippen LogP) is -0.174. The lowest BCUT2D eigenvalue weighted by molar-refractivity contribution is -0.107. The van der Waals surface area contributed by atoms with Crippen molar-refractivity contribution < 1.29 is 4.79 Å². The van der Waals surface area contributed by atoms with Crippen molar-refractivity contribution >= 4 is 6.29 Å². The fourth-order valence-corrected chi connectivity index (χ4v) is 1.29. The Kier molecular flexibility index (Phi) is 4.52. The van der Waals surface area contributed by atoms with E-state index in [1.807, 2.05) is 0 Å². The first kappa shape index (κ1) is 10.2. The highest BCUT2D eigenvalue weighted by atomic mass is 16.1. The fourth-order valence-electron chi connectivity index (χ4n) is 1.29. The molecule has 1 heterocycles. The number of likely N-dealkylation sites (N-methyl/N-ethyl adjacent to an activating group) is 1. The molecule has 0 aromatic rings. The van der Waals surface area contributed by atoms with Gasteiger partial charge in [-0.05, 0) is 7.05 Å². The minimum atomic E-state index is 0.369. The predicted molar refractivity (Wildman–Crippen MR) is 52.4 cm³/mol. The van der Waals surface area contributed by atoms with E-state index in [-0.39, 0.29) is 0 Å². The Morgan fingerprint density at radius 2 is 1.92 bits per heavy atom. The molecule has 72 valence electrons. The number of hydrogen-bond donors (Lipinski definition) is 0. The molecule has 1 rings (SSSR count). The zero-order valence-electron chi connectivity index (χ0n) is 8.12. The van der Waals surface area contributed by atoms with Crippen LogP contribution in [-0.2, 0) is 4.79 Å². The molecule has 0 radical (unpaired) electrons. The molecular weight excluding hydrogens is 164 g/mol. The van der Waals surface area contributed by atoms with Gasteiger partial charge in [0.2, 0.25) is 0 Å². The molecule has 1 aliphatic rings. The number of piperazine rings is 1. The zero-order valence-corrected chi connectivity index (χ0v) is 8.12. The summed E-state index contributed by atoms with van der Waals surface area (Å²) in [5, 5.41) is 0. The molecule has 0 aromatic carbocycles. The second kappa shape index (κ2) is 5.74. The molecule has 1 fully saturated rings. The van der Waals surface area contributed by atoms with Crippen LogP contribution in [0.1, 0.15) is 6.42 Å². The van der Waals surface area contributed by atoms with Crippen molar-refractivity contribution in [1.29, 1.82) is 0 Å². The van der Waals surface area contributed by atoms with Gasteiger partial charge < -0.3 is 9.69 Å². The first-order valence-corrected chi connectivity index (χ1v) is 4.63. The summed E-state index contributed by atoms with van der Waals surface area (Å²) < 4.78 is 0. The van der Waals surface area contributed by atoms with Crippen molar-refractivity contribution in [2.45, 2.75) is 6.42 Å². The van der Waals surface area contributed by atoms with Crippen LogP contribution in [0.15, 0.2) is 0 Å². The number of aldehydes is 1. The lowest BCUT2D eigenvalue weighted by atomic mass is 10.3. The van der Waals surface area contributed by atoms with E-state index in [1.165, 1.54) is 0 Å². The van der Waals surface area contributed by atoms with Crippen LogP contribution >= 0.6 is 0 Å². The Labute approximate surface area is 79.7 Å². The van der Waals surface area contributed by atoms with Crippen LogP contribution in [0.4, 0.5) is 0 Å². The average Bonchev–Trinajstić information content (AvgIpc) is 2.15. The highest BCUT2D eigenvalue weighted by molar-refractivity contribution is 5.53. The van der Waals surface area contributed by atoms with Gasteiger partial charge in [-0.3, -0.25) is 4.90 Å². The van der Waals surface area contributed by atoms with E-state index in [0.29, 0.717) is 6.42 Å². The summed E-state index contributed by atoms with van der Waals surface area (Å²) in [4.78, 5) is 14.6. The van der Waals surface area contributed by atoms with Gasteiger partial charge in [0.1, 0.15) is 6.29 Å². The number of nitrogens with zero attached hydrogens (tertiary/aromatic N) is 2. The Hall–Kier alpha value is -0.850. The maximum absolute atomic E-state index is 9.98. The molecule has 0 spiro atoms. The summed E-state index contributed by atoms with van der Waals surface area (Å²) in [6.07, 6.45) is 1.21. The van der Waals surface area contributed by atoms with Crippen molar-refractivity contribution in [2.24, 2.45) is 0 Å². The highest BCUT2D eigenvalue weighted by Crippen LogP contribution is 1.97. The molecule has 0 amide bonds. The highest BCUT2D eigenvalue weighted by Gasteiger charge is 2.11. The summed E-state index contributed by atoms with van der Waals surface area (Å²) in [7, 11) is 2.13. The Morgan fingerprint density at radius 3 is 2.54 bits per heavy atom. The largest absolute Gasteiger partial charge is 0.304 e. The van der Waals surface area contributed by atoms with Crippen LogP contribution in [-0.4, -0.2) is 55.9 Å². The molecule has 3 heteroatoms. The summed E-state index contributed by atoms with van der Waals surface area (Å²) in [5.41, 5.74) is 0. The quantitative estimate of drug-likeness (QED) is 0.435. The minimum Gasteiger partial charge on any atom is -0.304 e. The maximum Gasteiger partial charge on any atom is 0.131 e. The summed E-state index contributed by atoms with van der Waals surface area (Å²) in [6.45, 7) is 5.23. The van der Waals surface area contributed by atoms with E-state index in [0.717, 1.165) is 39.0 Å². The molecule has 0 bridgehead atoms. The van der Waals surface area contributed by atoms with Crippen LogP contribution in [0.5, 0.6) is 0 Å². The monoisotopic (exact) mass is 180 g/mol. The standard InChI is InChI=1S/C10H16N2O/c1-11-6-8-12(9-7-11)5-3-2-4-10-13/h10H,4-9H2,1H3. The first-order valence-electron chi connectivity index (χ1n) is 4.63. The van der Waals surface area contributed by atoms with Gasteiger partial charge >= 0.3 is 0 Å². The Morgan fingerprint density at radius 1 is 1.23 bits per heavy atom. The third-order valence-electron chi connectivity index (χ3n) is 2.21. The van der Waals surface area contributed by atoms with E-state index in [4.69, 9.17) is 0 Å². The summed E-state index contributed by atoms with van der Waals surface area (Å²) >= 11 is 0. The van der Waals surface area contributed by atoms with Crippen molar-refractivity contribution in [1.82, 2.24) is 9.80 Å². The molecule has 13 heavy (non-hydrogen) atoms. The summed E-state index contributed by atoms with van der Waals surface area (Å²) in [6, 6.07) is 0. The van der Waals surface area contributed by atoms with Gasteiger partial charge in [-0.15, -0.1) is 0 Å². The minimum absolute atomic E-state index is 0.369. The third-order valence-corrected chi connectivity index (χ3v) is 2.21. The Balaban J connectivity index is 2.16. The van der Waals surface area contributed by atoms with Gasteiger partial charge in [-0.2, -0.15) is 0 Å². The third kappa shape index (κ3) is 4.07. The maximum atomic E-state index is 9.98. The number of rotatable bonds is 2. The van der Waals surface area contributed by atoms with E-state index < -0.39 is 0 Å². The van der Waals surface area contributed by atoms with Gasteiger partial charge in [-0.25, -0.2) is 0 Å². The zero-order chi connectivity index (χ0) is 9.52. The van der Waals surface area contributed by atoms with E-state index in [2.05, 4.69) is 28.7 Å². The van der Waals surface area contributed by atoms with Gasteiger partial charge in [-0.1, -0.05) is 11.8 Å². The van der Waals surface area contributed by atoms with Crippen LogP contribution in [0.3, 0.4) is 0 Å². The van der Waals surface area contributed by atoms with E-state index >= 15 is 0 Å². The second-order valence-corrected chi connectivity index (χ2v) is 3.30. The molecule has 0 saturated carbocycles. The van der Waals surface area contributed by atoms with Crippen LogP contribution < -0.4 is 0 Å². The number of hydrogen-bond acceptors (Lipinski definition) is 3. The van der Waals surface area contributed by atoms with Crippen LogP contribution in [0, 0.1) is 11.8 Å². The lowest BCUT2D eigenvalue weighted by Gasteiger charge is -2.30. The summed E-state index contributed by atoms with van der Waals surface area (Å²) in [5.74, 6) is 5.82. The first-order chi connectivity index (χ1) is 6.33. The Bertz CT molecular complexity index is 209. The second-order valence-electron chi connectivity index (χ2n) is 3.30. The normalized spacial score (nSPS) is 19.2. The SMILES string of the molecule is CN1CCN(CC#CCC=O)CC1. The number of carbonyl (C=O) groups excluding carboxylic acids is 1. The molecule has 1 saturated heterocycles. The van der Waals surface area contributed by atoms with Crippen molar-refractivity contribution in [3.63, 3.8) is 0 Å². The molecule has 0 N–H and O–H groups in total. The fraction of sp³-hybridized carbons (Fsp3) is 0.700. The van der Waals surface area contributed by atoms with Gasteiger partial charge in [0.15, 0.2) is 0 Å². The molecule has 0 aliphatic carbocycles. The average molecular weight is 180 g/mol. The van der Waals surface area contributed by atoms with Crippen molar-refractivity contribution in [3.8, 4) is 11.8 Å². The molecule has 3 nitrogen and oxygen atoms in total. The van der Waals surface area contributed by atoms with Crippen LogP contribution in [0.25, 0.3) is 0 Å². The molecule has 0 atom stereocenters. The van der Waals surface area contributed by atoms with Gasteiger partial charge in [0.25, 0.3) is 0 Å². The molecule has 1 aliphatic heterocycles. The molecule has 0 aromatic heterocycles. The molecule has 0 unspecified atom stereocenters.